The lowest BCUT2D eigenvalue weighted by Crippen LogP contribution is -2.12. The molecule has 1 aliphatic rings. The Morgan fingerprint density at radius 2 is 1.83 bits per heavy atom. The molecular formula is C18H18N2O3S. The Balaban J connectivity index is 1.66. The van der Waals surface area contributed by atoms with E-state index in [4.69, 9.17) is 4.18 Å². The summed E-state index contributed by atoms with van der Waals surface area (Å²) >= 11 is 0. The van der Waals surface area contributed by atoms with Gasteiger partial charge in [-0.05, 0) is 61.1 Å². The molecule has 0 radical (unpaired) electrons. The molecule has 1 aliphatic carbocycles. The van der Waals surface area contributed by atoms with E-state index in [1.807, 2.05) is 17.7 Å². The summed E-state index contributed by atoms with van der Waals surface area (Å²) in [6, 6.07) is 10.4. The summed E-state index contributed by atoms with van der Waals surface area (Å²) < 4.78 is 32.4. The molecule has 0 saturated heterocycles. The highest BCUT2D eigenvalue weighted by Gasteiger charge is 2.20. The molecule has 0 bridgehead atoms. The molecule has 1 heterocycles. The quantitative estimate of drug-likeness (QED) is 0.686. The van der Waals surface area contributed by atoms with Gasteiger partial charge in [0.15, 0.2) is 0 Å². The summed E-state index contributed by atoms with van der Waals surface area (Å²) in [5, 5.41) is 0. The van der Waals surface area contributed by atoms with Crippen molar-refractivity contribution >= 4 is 21.2 Å². The molecule has 5 nitrogen and oxygen atoms in total. The average molecular weight is 342 g/mol. The highest BCUT2D eigenvalue weighted by Crippen LogP contribution is 2.27. The van der Waals surface area contributed by atoms with Crippen molar-refractivity contribution in [2.24, 2.45) is 7.05 Å². The lowest BCUT2D eigenvalue weighted by molar-refractivity contribution is 0.486. The molecule has 0 atom stereocenters. The van der Waals surface area contributed by atoms with E-state index in [1.54, 1.807) is 36.7 Å². The zero-order valence-electron chi connectivity index (χ0n) is 13.4. The van der Waals surface area contributed by atoms with Gasteiger partial charge in [-0.3, -0.25) is 0 Å². The number of aromatic nitrogens is 2. The molecule has 2 aromatic carbocycles. The van der Waals surface area contributed by atoms with Gasteiger partial charge in [-0.2, -0.15) is 8.42 Å². The van der Waals surface area contributed by atoms with Crippen LogP contribution in [0.4, 0.5) is 0 Å². The predicted octanol–water partition coefficient (Wildman–Crippen LogP) is 3.22. The lowest BCUT2D eigenvalue weighted by atomic mass is 9.92. The minimum absolute atomic E-state index is 0.212. The van der Waals surface area contributed by atoms with Crippen LogP contribution in [-0.4, -0.2) is 18.0 Å². The number of rotatable bonds is 3. The van der Waals surface area contributed by atoms with E-state index in [1.165, 1.54) is 12.0 Å². The largest absolute Gasteiger partial charge is 0.379 e. The molecule has 0 spiro atoms. The number of fused-ring (bicyclic) bond motifs is 2. The van der Waals surface area contributed by atoms with Crippen LogP contribution in [0.1, 0.15) is 24.0 Å². The first-order chi connectivity index (χ1) is 11.5. The van der Waals surface area contributed by atoms with Crippen LogP contribution in [-0.2, 0) is 30.0 Å². The van der Waals surface area contributed by atoms with Crippen molar-refractivity contribution in [3.63, 3.8) is 0 Å². The van der Waals surface area contributed by atoms with Crippen LogP contribution in [0.2, 0.25) is 0 Å². The van der Waals surface area contributed by atoms with Crippen molar-refractivity contribution in [3.05, 3.63) is 53.9 Å². The predicted molar refractivity (Wildman–Crippen MR) is 91.6 cm³/mol. The van der Waals surface area contributed by atoms with Crippen LogP contribution in [0, 0.1) is 0 Å². The third-order valence-electron chi connectivity index (χ3n) is 4.51. The molecule has 6 heteroatoms. The van der Waals surface area contributed by atoms with Crippen LogP contribution in [0.25, 0.3) is 11.0 Å². The monoisotopic (exact) mass is 342 g/mol. The molecule has 4 rings (SSSR count). The number of hydrogen-bond acceptors (Lipinski definition) is 4. The number of benzene rings is 2. The second kappa shape index (κ2) is 5.63. The van der Waals surface area contributed by atoms with Crippen LogP contribution >= 0.6 is 0 Å². The van der Waals surface area contributed by atoms with Crippen molar-refractivity contribution in [1.29, 1.82) is 0 Å². The summed E-state index contributed by atoms with van der Waals surface area (Å²) in [5.74, 6) is 0.277. The van der Waals surface area contributed by atoms with Gasteiger partial charge in [0.05, 0.1) is 17.4 Å². The summed E-state index contributed by atoms with van der Waals surface area (Å²) in [6.07, 6.45) is 5.91. The zero-order chi connectivity index (χ0) is 16.7. The highest BCUT2D eigenvalue weighted by molar-refractivity contribution is 7.87. The fourth-order valence-corrected chi connectivity index (χ4v) is 4.18. The van der Waals surface area contributed by atoms with Gasteiger partial charge in [-0.25, -0.2) is 4.98 Å². The van der Waals surface area contributed by atoms with E-state index in [2.05, 4.69) is 4.98 Å². The maximum absolute atomic E-state index is 12.6. The molecule has 0 saturated carbocycles. The Labute approximate surface area is 141 Å². The Morgan fingerprint density at radius 1 is 1.04 bits per heavy atom. The van der Waals surface area contributed by atoms with Crippen molar-refractivity contribution in [2.75, 3.05) is 0 Å². The van der Waals surface area contributed by atoms with Crippen molar-refractivity contribution in [2.45, 2.75) is 30.6 Å². The van der Waals surface area contributed by atoms with Gasteiger partial charge in [0.1, 0.15) is 10.6 Å². The summed E-state index contributed by atoms with van der Waals surface area (Å²) in [5.41, 5.74) is 3.99. The zero-order valence-corrected chi connectivity index (χ0v) is 14.2. The second-order valence-electron chi connectivity index (χ2n) is 6.18. The number of aryl methyl sites for hydroxylation is 3. The van der Waals surface area contributed by atoms with E-state index in [0.717, 1.165) is 30.3 Å². The number of hydrogen-bond donors (Lipinski definition) is 0. The first kappa shape index (κ1) is 15.2. The number of nitrogens with zero attached hydrogens (tertiary/aromatic N) is 2. The molecule has 24 heavy (non-hydrogen) atoms. The molecule has 124 valence electrons. The van der Waals surface area contributed by atoms with Gasteiger partial charge in [-0.1, -0.05) is 6.07 Å². The molecule has 0 N–H and O–H groups in total. The first-order valence-electron chi connectivity index (χ1n) is 8.00. The van der Waals surface area contributed by atoms with E-state index < -0.39 is 10.1 Å². The third-order valence-corrected chi connectivity index (χ3v) is 5.75. The molecular weight excluding hydrogens is 324 g/mol. The van der Waals surface area contributed by atoms with Crippen molar-refractivity contribution in [3.8, 4) is 5.75 Å². The van der Waals surface area contributed by atoms with E-state index in [9.17, 15) is 8.42 Å². The van der Waals surface area contributed by atoms with Crippen LogP contribution < -0.4 is 4.18 Å². The summed E-state index contributed by atoms with van der Waals surface area (Å²) in [4.78, 5) is 4.44. The SMILES string of the molecule is Cn1cnc2cc(OS(=O)(=O)c3ccc4c(c3)CCCC4)ccc21. The van der Waals surface area contributed by atoms with Gasteiger partial charge < -0.3 is 8.75 Å². The highest BCUT2D eigenvalue weighted by atomic mass is 32.2. The molecule has 0 amide bonds. The van der Waals surface area contributed by atoms with Crippen LogP contribution in [0.5, 0.6) is 5.75 Å². The Kier molecular flexibility index (Phi) is 3.57. The van der Waals surface area contributed by atoms with E-state index in [-0.39, 0.29) is 10.6 Å². The van der Waals surface area contributed by atoms with E-state index >= 15 is 0 Å². The van der Waals surface area contributed by atoms with Crippen LogP contribution in [0.15, 0.2) is 47.6 Å². The maximum atomic E-state index is 12.6. The molecule has 0 fully saturated rings. The van der Waals surface area contributed by atoms with Gasteiger partial charge in [-0.15, -0.1) is 0 Å². The average Bonchev–Trinajstić information content (AvgIpc) is 2.94. The first-order valence-corrected chi connectivity index (χ1v) is 9.41. The second-order valence-corrected chi connectivity index (χ2v) is 7.73. The summed E-state index contributed by atoms with van der Waals surface area (Å²) in [6.45, 7) is 0. The minimum atomic E-state index is -3.84. The Morgan fingerprint density at radius 3 is 2.67 bits per heavy atom. The van der Waals surface area contributed by atoms with Crippen LogP contribution in [0.3, 0.4) is 0 Å². The number of imidazole rings is 1. The standard InChI is InChI=1S/C18H18N2O3S/c1-20-12-19-17-11-15(7-9-18(17)20)23-24(21,22)16-8-6-13-4-2-3-5-14(13)10-16/h6-12H,2-5H2,1H3. The molecule has 0 unspecified atom stereocenters. The van der Waals surface area contributed by atoms with Gasteiger partial charge in [0.2, 0.25) is 0 Å². The minimum Gasteiger partial charge on any atom is -0.379 e. The van der Waals surface area contributed by atoms with E-state index in [0.29, 0.717) is 5.52 Å². The normalized spacial score (nSPS) is 14.5. The maximum Gasteiger partial charge on any atom is 0.339 e. The fraction of sp³-hybridized carbons (Fsp3) is 0.278. The lowest BCUT2D eigenvalue weighted by Gasteiger charge is -2.16. The molecule has 0 aliphatic heterocycles. The smallest absolute Gasteiger partial charge is 0.339 e. The van der Waals surface area contributed by atoms with Crippen molar-refractivity contribution in [1.82, 2.24) is 9.55 Å². The Bertz CT molecular complexity index is 1020. The topological polar surface area (TPSA) is 61.2 Å². The molecule has 3 aromatic rings. The van der Waals surface area contributed by atoms with Crippen molar-refractivity contribution < 1.29 is 12.6 Å². The van der Waals surface area contributed by atoms with Gasteiger partial charge in [0, 0.05) is 13.1 Å². The third kappa shape index (κ3) is 2.67. The van der Waals surface area contributed by atoms with Gasteiger partial charge in [0.25, 0.3) is 0 Å². The van der Waals surface area contributed by atoms with Gasteiger partial charge >= 0.3 is 10.1 Å². The fourth-order valence-electron chi connectivity index (χ4n) is 3.21. The Hall–Kier alpha value is -2.34. The molecule has 1 aromatic heterocycles. The summed E-state index contributed by atoms with van der Waals surface area (Å²) in [7, 11) is -1.95.